The molecule has 0 unspecified atom stereocenters. The summed E-state index contributed by atoms with van der Waals surface area (Å²) in [5.74, 6) is 0.349. The zero-order chi connectivity index (χ0) is 17.9. The Hall–Kier alpha value is -1.70. The summed E-state index contributed by atoms with van der Waals surface area (Å²) in [4.78, 5) is 15.9. The molecule has 1 aliphatic rings. The zero-order valence-corrected chi connectivity index (χ0v) is 15.5. The molecule has 0 atom stereocenters. The fraction of sp³-hybridized carbons (Fsp3) is 0.467. The molecule has 1 aromatic rings. The second kappa shape index (κ2) is 7.46. The Kier molecular flexibility index (Phi) is 5.79. The highest BCUT2D eigenvalue weighted by molar-refractivity contribution is 6.42. The first-order chi connectivity index (χ1) is 11.2. The van der Waals surface area contributed by atoms with Gasteiger partial charge in [0.05, 0.1) is 16.7 Å². The number of aliphatic imine (C=N–C) groups is 2. The summed E-state index contributed by atoms with van der Waals surface area (Å²) in [6.07, 6.45) is 0.774. The van der Waals surface area contributed by atoms with Crippen LogP contribution in [0.5, 0.6) is 0 Å². The molecule has 4 N–H and O–H groups in total. The van der Waals surface area contributed by atoms with Gasteiger partial charge in [0.15, 0.2) is 5.66 Å². The Morgan fingerprint density at radius 1 is 1.25 bits per heavy atom. The Labute approximate surface area is 151 Å². The molecule has 0 saturated carbocycles. The number of benzene rings is 1. The van der Waals surface area contributed by atoms with Crippen LogP contribution in [0.1, 0.15) is 20.3 Å². The average molecular weight is 373 g/mol. The number of nitrogens with zero attached hydrogens (tertiary/aromatic N) is 4. The molecule has 1 aliphatic heterocycles. The van der Waals surface area contributed by atoms with Crippen LogP contribution >= 0.6 is 23.2 Å². The van der Waals surface area contributed by atoms with Crippen LogP contribution in [0.15, 0.2) is 28.2 Å². The predicted molar refractivity (Wildman–Crippen MR) is 99.5 cm³/mol. The van der Waals surface area contributed by atoms with Crippen LogP contribution in [0.4, 0.5) is 5.69 Å². The van der Waals surface area contributed by atoms with Crippen LogP contribution in [0.3, 0.4) is 0 Å². The van der Waals surface area contributed by atoms with E-state index in [1.807, 2.05) is 33.0 Å². The van der Waals surface area contributed by atoms with Gasteiger partial charge >= 0.3 is 0 Å². The molecule has 9 heteroatoms. The maximum absolute atomic E-state index is 6.04. The fourth-order valence-corrected chi connectivity index (χ4v) is 2.62. The number of anilines is 1. The van der Waals surface area contributed by atoms with Gasteiger partial charge in [0, 0.05) is 19.3 Å². The highest BCUT2D eigenvalue weighted by Gasteiger charge is 2.32. The molecule has 7 nitrogen and oxygen atoms in total. The van der Waals surface area contributed by atoms with Crippen LogP contribution in [-0.2, 0) is 4.84 Å². The molecular formula is C15H22Cl2N6O. The molecule has 0 spiro atoms. The summed E-state index contributed by atoms with van der Waals surface area (Å²) in [5, 5.41) is 2.55. The van der Waals surface area contributed by atoms with Crippen LogP contribution in [0.25, 0.3) is 0 Å². The zero-order valence-electron chi connectivity index (χ0n) is 14.0. The monoisotopic (exact) mass is 372 g/mol. The summed E-state index contributed by atoms with van der Waals surface area (Å²) in [6.45, 7) is 4.93. The second-order valence-electron chi connectivity index (χ2n) is 5.94. The molecule has 0 aliphatic carbocycles. The minimum absolute atomic E-state index is 0.150. The standard InChI is InChI=1S/C15H22Cl2N6O/c1-15(2)21-13(18)20-14(19)23(15)24-8-4-7-22(3)10-5-6-11(16)12(17)9-10/h5-6,9H,4,7-8H2,1-3H3,(H4,18,19,20,21). The molecule has 1 aromatic carbocycles. The molecule has 2 rings (SSSR count). The third-order valence-corrected chi connectivity index (χ3v) is 4.26. The lowest BCUT2D eigenvalue weighted by Gasteiger charge is -2.36. The van der Waals surface area contributed by atoms with Gasteiger partial charge in [-0.2, -0.15) is 10.1 Å². The van der Waals surface area contributed by atoms with Crippen molar-refractivity contribution in [2.45, 2.75) is 25.9 Å². The van der Waals surface area contributed by atoms with Gasteiger partial charge in [0.25, 0.3) is 0 Å². The van der Waals surface area contributed by atoms with Gasteiger partial charge in [-0.15, -0.1) is 0 Å². The first-order valence-corrected chi connectivity index (χ1v) is 8.25. The first-order valence-electron chi connectivity index (χ1n) is 7.49. The van der Waals surface area contributed by atoms with Crippen LogP contribution in [-0.4, -0.2) is 42.8 Å². The van der Waals surface area contributed by atoms with Crippen LogP contribution in [0, 0.1) is 0 Å². The summed E-state index contributed by atoms with van der Waals surface area (Å²) in [7, 11) is 1.98. The van der Waals surface area contributed by atoms with Gasteiger partial charge in [0.1, 0.15) is 0 Å². The number of hydroxylamine groups is 2. The molecule has 24 heavy (non-hydrogen) atoms. The molecule has 0 aromatic heterocycles. The number of guanidine groups is 2. The molecule has 0 saturated heterocycles. The number of hydrogen-bond donors (Lipinski definition) is 2. The van der Waals surface area contributed by atoms with E-state index in [4.69, 9.17) is 39.5 Å². The van der Waals surface area contributed by atoms with Crippen molar-refractivity contribution in [1.82, 2.24) is 5.06 Å². The van der Waals surface area contributed by atoms with Crippen molar-refractivity contribution < 1.29 is 4.84 Å². The van der Waals surface area contributed by atoms with Gasteiger partial charge in [-0.25, -0.2) is 4.99 Å². The van der Waals surface area contributed by atoms with Crippen molar-refractivity contribution in [3.05, 3.63) is 28.2 Å². The highest BCUT2D eigenvalue weighted by atomic mass is 35.5. The lowest BCUT2D eigenvalue weighted by Crippen LogP contribution is -2.53. The van der Waals surface area contributed by atoms with Crippen LogP contribution in [0.2, 0.25) is 10.0 Å². The van der Waals surface area contributed by atoms with Crippen molar-refractivity contribution in [1.29, 1.82) is 0 Å². The number of nitrogens with two attached hydrogens (primary N) is 2. The van der Waals surface area contributed by atoms with Crippen molar-refractivity contribution >= 4 is 40.8 Å². The summed E-state index contributed by atoms with van der Waals surface area (Å²) < 4.78 is 0. The fourth-order valence-electron chi connectivity index (χ4n) is 2.33. The van der Waals surface area contributed by atoms with E-state index >= 15 is 0 Å². The van der Waals surface area contributed by atoms with Crippen LogP contribution < -0.4 is 16.4 Å². The lowest BCUT2D eigenvalue weighted by molar-refractivity contribution is -0.157. The molecular weight excluding hydrogens is 351 g/mol. The largest absolute Gasteiger partial charge is 0.374 e. The Morgan fingerprint density at radius 2 is 1.96 bits per heavy atom. The van der Waals surface area contributed by atoms with Crippen molar-refractivity contribution in [3.8, 4) is 0 Å². The second-order valence-corrected chi connectivity index (χ2v) is 6.75. The van der Waals surface area contributed by atoms with Crippen molar-refractivity contribution in [2.75, 3.05) is 25.1 Å². The number of halogens is 2. The molecule has 1 heterocycles. The highest BCUT2D eigenvalue weighted by Crippen LogP contribution is 2.26. The Morgan fingerprint density at radius 3 is 2.58 bits per heavy atom. The first kappa shape index (κ1) is 18.6. The average Bonchev–Trinajstić information content (AvgIpc) is 2.47. The number of rotatable bonds is 6. The van der Waals surface area contributed by atoms with Crippen molar-refractivity contribution in [3.63, 3.8) is 0 Å². The van der Waals surface area contributed by atoms with Gasteiger partial charge < -0.3 is 16.4 Å². The van der Waals surface area contributed by atoms with Gasteiger partial charge in [0.2, 0.25) is 11.9 Å². The minimum Gasteiger partial charge on any atom is -0.374 e. The lowest BCUT2D eigenvalue weighted by atomic mass is 10.2. The molecule has 0 radical (unpaired) electrons. The van der Waals surface area contributed by atoms with E-state index in [1.165, 1.54) is 5.06 Å². The molecule has 0 fully saturated rings. The molecule has 0 amide bonds. The molecule has 0 bridgehead atoms. The van der Waals surface area contributed by atoms with Gasteiger partial charge in [-0.1, -0.05) is 23.2 Å². The predicted octanol–water partition coefficient (Wildman–Crippen LogP) is 2.43. The van der Waals surface area contributed by atoms with Gasteiger partial charge in [-0.3, -0.25) is 4.84 Å². The SMILES string of the molecule is CN(CCCON1C(N)=NC(N)=NC1(C)C)c1ccc(Cl)c(Cl)c1. The van der Waals surface area contributed by atoms with E-state index < -0.39 is 5.66 Å². The smallest absolute Gasteiger partial charge is 0.226 e. The quantitative estimate of drug-likeness (QED) is 0.748. The number of hydrogen-bond acceptors (Lipinski definition) is 7. The third-order valence-electron chi connectivity index (χ3n) is 3.52. The van der Waals surface area contributed by atoms with Crippen molar-refractivity contribution in [2.24, 2.45) is 21.5 Å². The topological polar surface area (TPSA) is 92.5 Å². The normalized spacial score (nSPS) is 16.6. The maximum atomic E-state index is 6.04. The Balaban J connectivity index is 1.84. The third kappa shape index (κ3) is 4.43. The summed E-state index contributed by atoms with van der Waals surface area (Å²) >= 11 is 12.0. The minimum atomic E-state index is -0.689. The van der Waals surface area contributed by atoms with Gasteiger partial charge in [-0.05, 0) is 38.5 Å². The Bertz CT molecular complexity index is 661. The van der Waals surface area contributed by atoms with E-state index in [9.17, 15) is 0 Å². The van der Waals surface area contributed by atoms with E-state index in [-0.39, 0.29) is 11.9 Å². The summed E-state index contributed by atoms with van der Waals surface area (Å²) in [5.41, 5.74) is 11.8. The van der Waals surface area contributed by atoms with E-state index in [0.717, 1.165) is 18.7 Å². The molecule has 132 valence electrons. The maximum Gasteiger partial charge on any atom is 0.226 e. The van der Waals surface area contributed by atoms with E-state index in [2.05, 4.69) is 14.9 Å². The summed E-state index contributed by atoms with van der Waals surface area (Å²) in [6, 6.07) is 5.54. The van der Waals surface area contributed by atoms with E-state index in [0.29, 0.717) is 16.7 Å². The van der Waals surface area contributed by atoms with E-state index in [1.54, 1.807) is 6.07 Å².